The highest BCUT2D eigenvalue weighted by Gasteiger charge is 2.22. The maximum Gasteiger partial charge on any atom is 0.222 e. The third-order valence-electron chi connectivity index (χ3n) is 3.61. The van der Waals surface area contributed by atoms with Crippen molar-refractivity contribution in [3.05, 3.63) is 29.3 Å². The first-order chi connectivity index (χ1) is 9.63. The summed E-state index contributed by atoms with van der Waals surface area (Å²) in [5.74, 6) is 0.804. The van der Waals surface area contributed by atoms with E-state index in [1.165, 1.54) is 0 Å². The zero-order chi connectivity index (χ0) is 14.5. The molecule has 0 radical (unpaired) electrons. The number of methoxy groups -OCH3 is 1. The van der Waals surface area contributed by atoms with E-state index in [-0.39, 0.29) is 5.91 Å². The standard InChI is InChI=1S/C15H19N3O2/c1-18-10-13(4-6-15(18)19)17-9-11-3-5-14(20-2)12(7-11)8-16/h3,5,7,13,17H,4,6,9-10H2,1-2H3. The molecular formula is C15H19N3O2. The largest absolute Gasteiger partial charge is 0.495 e. The summed E-state index contributed by atoms with van der Waals surface area (Å²) in [6.45, 7) is 1.42. The zero-order valence-corrected chi connectivity index (χ0v) is 11.8. The number of benzene rings is 1. The highest BCUT2D eigenvalue weighted by atomic mass is 16.5. The molecule has 2 rings (SSSR count). The molecule has 1 aliphatic rings. The van der Waals surface area contributed by atoms with E-state index in [1.807, 2.05) is 25.2 Å². The fourth-order valence-electron chi connectivity index (χ4n) is 2.39. The van der Waals surface area contributed by atoms with Crippen LogP contribution in [0.15, 0.2) is 18.2 Å². The van der Waals surface area contributed by atoms with Crippen molar-refractivity contribution in [2.24, 2.45) is 0 Å². The molecule has 0 bridgehead atoms. The summed E-state index contributed by atoms with van der Waals surface area (Å²) in [4.78, 5) is 13.2. The van der Waals surface area contributed by atoms with Gasteiger partial charge in [-0.1, -0.05) is 6.07 Å². The molecule has 1 atom stereocenters. The van der Waals surface area contributed by atoms with Crippen molar-refractivity contribution in [2.75, 3.05) is 20.7 Å². The minimum absolute atomic E-state index is 0.208. The van der Waals surface area contributed by atoms with Crippen LogP contribution in [0.4, 0.5) is 0 Å². The number of ether oxygens (including phenoxy) is 1. The number of nitrogens with one attached hydrogen (secondary N) is 1. The molecule has 1 N–H and O–H groups in total. The molecule has 1 saturated heterocycles. The van der Waals surface area contributed by atoms with E-state index < -0.39 is 0 Å². The van der Waals surface area contributed by atoms with Gasteiger partial charge in [0.2, 0.25) is 5.91 Å². The van der Waals surface area contributed by atoms with Crippen LogP contribution in [0.2, 0.25) is 0 Å². The Labute approximate surface area is 119 Å². The van der Waals surface area contributed by atoms with Crippen molar-refractivity contribution >= 4 is 5.91 Å². The summed E-state index contributed by atoms with van der Waals surface area (Å²) in [6.07, 6.45) is 1.46. The van der Waals surface area contributed by atoms with Crippen LogP contribution in [0.5, 0.6) is 5.75 Å². The van der Waals surface area contributed by atoms with Crippen LogP contribution in [-0.2, 0) is 11.3 Å². The average molecular weight is 273 g/mol. The molecule has 1 unspecified atom stereocenters. The minimum atomic E-state index is 0.208. The Bertz CT molecular complexity index is 536. The van der Waals surface area contributed by atoms with Gasteiger partial charge in [-0.15, -0.1) is 0 Å². The Morgan fingerprint density at radius 2 is 2.35 bits per heavy atom. The summed E-state index contributed by atoms with van der Waals surface area (Å²) in [5, 5.41) is 12.5. The van der Waals surface area contributed by atoms with Gasteiger partial charge in [0.05, 0.1) is 12.7 Å². The first-order valence-electron chi connectivity index (χ1n) is 6.68. The summed E-state index contributed by atoms with van der Waals surface area (Å²) in [7, 11) is 3.39. The summed E-state index contributed by atoms with van der Waals surface area (Å²) in [5.41, 5.74) is 1.59. The first kappa shape index (κ1) is 14.4. The highest BCUT2D eigenvalue weighted by molar-refractivity contribution is 5.76. The monoisotopic (exact) mass is 273 g/mol. The third kappa shape index (κ3) is 3.28. The van der Waals surface area contributed by atoms with Crippen LogP contribution in [0.25, 0.3) is 0 Å². The predicted octanol–water partition coefficient (Wildman–Crippen LogP) is 1.28. The molecule has 20 heavy (non-hydrogen) atoms. The Morgan fingerprint density at radius 1 is 1.55 bits per heavy atom. The molecule has 5 nitrogen and oxygen atoms in total. The molecule has 1 aromatic carbocycles. The van der Waals surface area contributed by atoms with E-state index in [1.54, 1.807) is 12.0 Å². The average Bonchev–Trinajstić information content (AvgIpc) is 2.48. The molecule has 5 heteroatoms. The molecule has 0 aromatic heterocycles. The molecule has 106 valence electrons. The van der Waals surface area contributed by atoms with Crippen molar-refractivity contribution in [1.82, 2.24) is 10.2 Å². The summed E-state index contributed by atoms with van der Waals surface area (Å²) < 4.78 is 5.12. The SMILES string of the molecule is COc1ccc(CNC2CCC(=O)N(C)C2)cc1C#N. The van der Waals surface area contributed by atoms with Gasteiger partial charge in [-0.3, -0.25) is 4.79 Å². The van der Waals surface area contributed by atoms with E-state index in [9.17, 15) is 4.79 Å². The normalized spacial score (nSPS) is 18.8. The Balaban J connectivity index is 1.94. The first-order valence-corrected chi connectivity index (χ1v) is 6.68. The van der Waals surface area contributed by atoms with E-state index >= 15 is 0 Å². The van der Waals surface area contributed by atoms with Gasteiger partial charge in [0.25, 0.3) is 0 Å². The van der Waals surface area contributed by atoms with Crippen molar-refractivity contribution in [3.63, 3.8) is 0 Å². The van der Waals surface area contributed by atoms with E-state index in [0.717, 1.165) is 18.5 Å². The number of piperidine rings is 1. The van der Waals surface area contributed by atoms with Crippen LogP contribution >= 0.6 is 0 Å². The number of amides is 1. The number of hydrogen-bond acceptors (Lipinski definition) is 4. The number of carbonyl (C=O) groups is 1. The molecule has 0 spiro atoms. The van der Waals surface area contributed by atoms with Crippen LogP contribution in [-0.4, -0.2) is 37.6 Å². The molecule has 1 amide bonds. The number of rotatable bonds is 4. The van der Waals surface area contributed by atoms with E-state index in [2.05, 4.69) is 11.4 Å². The van der Waals surface area contributed by atoms with Crippen molar-refractivity contribution < 1.29 is 9.53 Å². The Hall–Kier alpha value is -2.06. The van der Waals surface area contributed by atoms with E-state index in [0.29, 0.717) is 30.3 Å². The van der Waals surface area contributed by atoms with Gasteiger partial charge >= 0.3 is 0 Å². The summed E-state index contributed by atoms with van der Waals surface area (Å²) >= 11 is 0. The van der Waals surface area contributed by atoms with Crippen LogP contribution in [0, 0.1) is 11.3 Å². The Kier molecular flexibility index (Phi) is 4.59. The fraction of sp³-hybridized carbons (Fsp3) is 0.467. The molecular weight excluding hydrogens is 254 g/mol. The fourth-order valence-corrected chi connectivity index (χ4v) is 2.39. The van der Waals surface area contributed by atoms with Gasteiger partial charge in [-0.05, 0) is 24.1 Å². The maximum absolute atomic E-state index is 11.4. The minimum Gasteiger partial charge on any atom is -0.495 e. The molecule has 0 saturated carbocycles. The van der Waals surface area contributed by atoms with Crippen LogP contribution in [0.1, 0.15) is 24.0 Å². The van der Waals surface area contributed by atoms with Gasteiger partial charge in [0.1, 0.15) is 11.8 Å². The van der Waals surface area contributed by atoms with Crippen LogP contribution < -0.4 is 10.1 Å². The second kappa shape index (κ2) is 6.40. The van der Waals surface area contributed by atoms with Gasteiger partial charge < -0.3 is 15.0 Å². The lowest BCUT2D eigenvalue weighted by atomic mass is 10.0. The Morgan fingerprint density at radius 3 is 3.00 bits per heavy atom. The number of nitrogens with zero attached hydrogens (tertiary/aromatic N) is 2. The van der Waals surface area contributed by atoms with Crippen molar-refractivity contribution in [2.45, 2.75) is 25.4 Å². The van der Waals surface area contributed by atoms with Crippen molar-refractivity contribution in [1.29, 1.82) is 5.26 Å². The highest BCUT2D eigenvalue weighted by Crippen LogP contribution is 2.19. The summed E-state index contributed by atoms with van der Waals surface area (Å²) in [6, 6.07) is 8.04. The van der Waals surface area contributed by atoms with Gasteiger partial charge in [0, 0.05) is 32.6 Å². The van der Waals surface area contributed by atoms with Gasteiger partial charge in [-0.25, -0.2) is 0 Å². The number of nitriles is 1. The maximum atomic E-state index is 11.4. The zero-order valence-electron chi connectivity index (χ0n) is 11.8. The quantitative estimate of drug-likeness (QED) is 0.897. The van der Waals surface area contributed by atoms with Crippen molar-refractivity contribution in [3.8, 4) is 11.8 Å². The smallest absolute Gasteiger partial charge is 0.222 e. The predicted molar refractivity (Wildman–Crippen MR) is 75.2 cm³/mol. The third-order valence-corrected chi connectivity index (χ3v) is 3.61. The van der Waals surface area contributed by atoms with Crippen LogP contribution in [0.3, 0.4) is 0 Å². The molecule has 0 aliphatic carbocycles. The number of hydrogen-bond donors (Lipinski definition) is 1. The number of likely N-dealkylation sites (N-methyl/N-ethyl adjacent to an activating group) is 1. The van der Waals surface area contributed by atoms with E-state index in [4.69, 9.17) is 10.00 Å². The molecule has 1 heterocycles. The number of likely N-dealkylation sites (tertiary alicyclic amines) is 1. The topological polar surface area (TPSA) is 65.4 Å². The molecule has 1 aromatic rings. The number of carbonyl (C=O) groups excluding carboxylic acids is 1. The lowest BCUT2D eigenvalue weighted by Crippen LogP contribution is -2.46. The van der Waals surface area contributed by atoms with Gasteiger partial charge in [0.15, 0.2) is 0 Å². The lowest BCUT2D eigenvalue weighted by Gasteiger charge is -2.30. The lowest BCUT2D eigenvalue weighted by molar-refractivity contribution is -0.132. The van der Waals surface area contributed by atoms with Gasteiger partial charge in [-0.2, -0.15) is 5.26 Å². The molecule has 1 fully saturated rings. The second-order valence-corrected chi connectivity index (χ2v) is 5.04. The second-order valence-electron chi connectivity index (χ2n) is 5.04. The molecule has 1 aliphatic heterocycles.